The molecule has 1 saturated carbocycles. The van der Waals surface area contributed by atoms with Crippen molar-refractivity contribution in [3.05, 3.63) is 22.2 Å². The fourth-order valence-corrected chi connectivity index (χ4v) is 6.66. The van der Waals surface area contributed by atoms with Crippen molar-refractivity contribution in [1.82, 2.24) is 15.1 Å². The van der Waals surface area contributed by atoms with Gasteiger partial charge in [0.2, 0.25) is 5.91 Å². The zero-order valence-corrected chi connectivity index (χ0v) is 22.4. The lowest BCUT2D eigenvalue weighted by atomic mass is 9.97. The average molecular weight is 550 g/mol. The number of methoxy groups -OCH3 is 1. The molecule has 9 nitrogen and oxygen atoms in total. The van der Waals surface area contributed by atoms with Crippen molar-refractivity contribution in [2.24, 2.45) is 0 Å². The van der Waals surface area contributed by atoms with E-state index in [4.69, 9.17) is 9.47 Å². The Morgan fingerprint density at radius 2 is 1.89 bits per heavy atom. The van der Waals surface area contributed by atoms with Gasteiger partial charge in [0.15, 0.2) is 0 Å². The van der Waals surface area contributed by atoms with Crippen molar-refractivity contribution in [1.29, 1.82) is 0 Å². The highest BCUT2D eigenvalue weighted by atomic mass is 79.9. The number of carbonyl (C=O) groups excluding carboxylic acids is 2. The number of halogens is 1. The number of fused-ring (bicyclic) bond motifs is 2. The first kappa shape index (κ1) is 24.8. The fraction of sp³-hybridized carbons (Fsp3) is 0.680. The van der Waals surface area contributed by atoms with E-state index >= 15 is 0 Å². The van der Waals surface area contributed by atoms with Crippen LogP contribution in [0.1, 0.15) is 43.5 Å². The Balaban J connectivity index is 1.35. The summed E-state index contributed by atoms with van der Waals surface area (Å²) in [5, 5.41) is 10.5. The van der Waals surface area contributed by atoms with E-state index in [-0.39, 0.29) is 54.3 Å². The van der Waals surface area contributed by atoms with Gasteiger partial charge in [0, 0.05) is 37.3 Å². The van der Waals surface area contributed by atoms with Gasteiger partial charge in [-0.2, -0.15) is 0 Å². The number of nitrogens with zero attached hydrogens (tertiary/aromatic N) is 2. The summed E-state index contributed by atoms with van der Waals surface area (Å²) in [6, 6.07) is 3.62. The molecule has 192 valence electrons. The number of morpholine rings is 1. The molecule has 7 atom stereocenters. The summed E-state index contributed by atoms with van der Waals surface area (Å²) < 4.78 is 12.1. The molecule has 2 amide bonds. The van der Waals surface area contributed by atoms with E-state index < -0.39 is 0 Å². The summed E-state index contributed by atoms with van der Waals surface area (Å²) in [4.78, 5) is 30.9. The highest BCUT2D eigenvalue weighted by Gasteiger charge is 2.47. The van der Waals surface area contributed by atoms with Crippen molar-refractivity contribution >= 4 is 39.1 Å². The summed E-state index contributed by atoms with van der Waals surface area (Å²) in [5.41, 5.74) is 2.28. The number of hydrogen-bond acceptors (Lipinski definition) is 7. The molecule has 1 unspecified atom stereocenters. The van der Waals surface area contributed by atoms with Crippen molar-refractivity contribution < 1.29 is 19.1 Å². The molecule has 3 N–H and O–H groups in total. The Hall–Kier alpha value is -1.88. The molecule has 0 radical (unpaired) electrons. The van der Waals surface area contributed by atoms with Crippen LogP contribution in [0.2, 0.25) is 0 Å². The normalized spacial score (nSPS) is 34.5. The Morgan fingerprint density at radius 1 is 1.14 bits per heavy atom. The molecule has 0 aromatic heterocycles. The van der Waals surface area contributed by atoms with E-state index in [0.717, 1.165) is 35.1 Å². The number of likely N-dealkylation sites (N-methyl/N-ethyl adjacent to an activating group) is 1. The Morgan fingerprint density at radius 3 is 2.57 bits per heavy atom. The predicted octanol–water partition coefficient (Wildman–Crippen LogP) is 2.27. The quantitative estimate of drug-likeness (QED) is 0.530. The smallest absolute Gasteiger partial charge is 0.256 e. The fourth-order valence-electron chi connectivity index (χ4n) is 6.21. The predicted molar refractivity (Wildman–Crippen MR) is 138 cm³/mol. The number of ether oxygens (including phenoxy) is 2. The van der Waals surface area contributed by atoms with E-state index in [1.165, 1.54) is 0 Å². The van der Waals surface area contributed by atoms with Crippen LogP contribution in [0.15, 0.2) is 16.6 Å². The molecule has 2 saturated heterocycles. The summed E-state index contributed by atoms with van der Waals surface area (Å²) in [6.07, 6.45) is 3.01. The number of rotatable bonds is 4. The van der Waals surface area contributed by atoms with E-state index in [2.05, 4.69) is 36.8 Å². The second kappa shape index (κ2) is 9.88. The number of hydrogen-bond donors (Lipinski definition) is 3. The van der Waals surface area contributed by atoms with Crippen molar-refractivity contribution in [2.45, 2.75) is 75.6 Å². The van der Waals surface area contributed by atoms with Crippen LogP contribution >= 0.6 is 15.9 Å². The summed E-state index contributed by atoms with van der Waals surface area (Å²) in [5.74, 6) is 0.0361. The lowest BCUT2D eigenvalue weighted by Crippen LogP contribution is -2.54. The van der Waals surface area contributed by atoms with Crippen LogP contribution in [0.4, 0.5) is 11.4 Å². The van der Waals surface area contributed by atoms with Gasteiger partial charge in [-0.1, -0.05) is 15.9 Å². The summed E-state index contributed by atoms with van der Waals surface area (Å²) in [6.45, 7) is 5.84. The molecule has 3 heterocycles. The van der Waals surface area contributed by atoms with Gasteiger partial charge >= 0.3 is 0 Å². The minimum atomic E-state index is -0.304. The van der Waals surface area contributed by atoms with Gasteiger partial charge in [-0.15, -0.1) is 0 Å². The molecule has 10 heteroatoms. The zero-order chi connectivity index (χ0) is 24.9. The zero-order valence-electron chi connectivity index (χ0n) is 20.8. The molecule has 1 aromatic carbocycles. The van der Waals surface area contributed by atoms with Crippen molar-refractivity contribution in [3.63, 3.8) is 0 Å². The number of anilines is 2. The first-order valence-electron chi connectivity index (χ1n) is 12.6. The Bertz CT molecular complexity index is 983. The number of nitrogens with one attached hydrogen (secondary N) is 3. The lowest BCUT2D eigenvalue weighted by molar-refractivity contribution is -0.126. The minimum absolute atomic E-state index is 0.00271. The highest BCUT2D eigenvalue weighted by molar-refractivity contribution is 9.10. The van der Waals surface area contributed by atoms with Crippen LogP contribution in [-0.4, -0.2) is 97.9 Å². The van der Waals surface area contributed by atoms with Gasteiger partial charge in [-0.05, 0) is 52.3 Å². The molecule has 5 rings (SSSR count). The molecule has 0 bridgehead atoms. The molecular weight excluding hydrogens is 514 g/mol. The van der Waals surface area contributed by atoms with E-state index in [1.54, 1.807) is 7.11 Å². The third-order valence-corrected chi connectivity index (χ3v) is 8.22. The number of likely N-dealkylation sites (tertiary alicyclic amines) is 1. The summed E-state index contributed by atoms with van der Waals surface area (Å²) in [7, 11) is 3.72. The summed E-state index contributed by atoms with van der Waals surface area (Å²) >= 11 is 3.59. The van der Waals surface area contributed by atoms with Gasteiger partial charge < -0.3 is 30.3 Å². The standard InChI is InChI=1S/C25H36BrN5O4/c1-13-10-31(11-14(2)35-13)25(33)18-7-15(26)8-19-21(18)29-20-12-30(3)23(22(20)28-19)24(32)27-16-5-6-17(9-16)34-4/h7-8,13-14,16-17,20,22-23,28-29H,5-6,9-12H2,1-4H3,(H,27,32)/t13-,14+,16-,17+,20-,22?,23-/m0/s1. The first-order chi connectivity index (χ1) is 16.7. The lowest BCUT2D eigenvalue weighted by Gasteiger charge is -2.38. The minimum Gasteiger partial charge on any atom is -0.381 e. The van der Waals surface area contributed by atoms with Gasteiger partial charge in [-0.3, -0.25) is 14.5 Å². The molecule has 3 fully saturated rings. The highest BCUT2D eigenvalue weighted by Crippen LogP contribution is 2.39. The van der Waals surface area contributed by atoms with Crippen LogP contribution in [-0.2, 0) is 14.3 Å². The van der Waals surface area contributed by atoms with Crippen molar-refractivity contribution in [2.75, 3.05) is 44.4 Å². The second-order valence-electron chi connectivity index (χ2n) is 10.5. The maximum atomic E-state index is 13.6. The van der Waals surface area contributed by atoms with Crippen LogP contribution < -0.4 is 16.0 Å². The molecule has 35 heavy (non-hydrogen) atoms. The van der Waals surface area contributed by atoms with Gasteiger partial charge in [0.1, 0.15) is 6.04 Å². The van der Waals surface area contributed by atoms with Crippen LogP contribution in [0.25, 0.3) is 0 Å². The largest absolute Gasteiger partial charge is 0.381 e. The van der Waals surface area contributed by atoms with Crippen molar-refractivity contribution in [3.8, 4) is 0 Å². The molecule has 3 aliphatic heterocycles. The number of carbonyl (C=O) groups is 2. The van der Waals surface area contributed by atoms with Gasteiger partial charge in [0.05, 0.1) is 47.3 Å². The van der Waals surface area contributed by atoms with Crippen LogP contribution in [0.3, 0.4) is 0 Å². The maximum Gasteiger partial charge on any atom is 0.256 e. The number of amides is 2. The molecule has 4 aliphatic rings. The topological polar surface area (TPSA) is 95.2 Å². The first-order valence-corrected chi connectivity index (χ1v) is 13.4. The average Bonchev–Trinajstić information content (AvgIpc) is 3.38. The van der Waals surface area contributed by atoms with Gasteiger partial charge in [0.25, 0.3) is 5.91 Å². The monoisotopic (exact) mass is 549 g/mol. The third kappa shape index (κ3) is 4.90. The van der Waals surface area contributed by atoms with Crippen LogP contribution in [0.5, 0.6) is 0 Å². The van der Waals surface area contributed by atoms with E-state index in [1.807, 2.05) is 37.9 Å². The van der Waals surface area contributed by atoms with Gasteiger partial charge in [-0.25, -0.2) is 0 Å². The second-order valence-corrected chi connectivity index (χ2v) is 11.4. The Labute approximate surface area is 215 Å². The van der Waals surface area contributed by atoms with E-state index in [0.29, 0.717) is 25.2 Å². The molecule has 0 spiro atoms. The molecule has 1 aromatic rings. The maximum absolute atomic E-state index is 13.6. The third-order valence-electron chi connectivity index (χ3n) is 7.76. The van der Waals surface area contributed by atoms with Crippen LogP contribution in [0, 0.1) is 0 Å². The molecular formula is C25H36BrN5O4. The van der Waals surface area contributed by atoms with E-state index in [9.17, 15) is 9.59 Å². The SMILES string of the molecule is CO[C@@H]1CC[C@H](NC(=O)[C@@H]2C3Nc4cc(Br)cc(C(=O)N5C[C@@H](C)O[C@@H](C)C5)c4N[C@H]3CN2C)C1. The Kier molecular flexibility index (Phi) is 7.00. The molecule has 1 aliphatic carbocycles. The number of benzene rings is 1.